The fraction of sp³-hybridized carbons (Fsp3) is 0.400. The van der Waals surface area contributed by atoms with Gasteiger partial charge in [0.25, 0.3) is 0 Å². The molecule has 6 heteroatoms. The predicted molar refractivity (Wildman–Crippen MR) is 53.0 cm³/mol. The molecule has 1 N–H and O–H groups in total. The van der Waals surface area contributed by atoms with Gasteiger partial charge in [-0.3, -0.25) is 0 Å². The number of fused-ring (bicyclic) bond motifs is 1. The molecule has 2 rings (SSSR count). The minimum absolute atomic E-state index is 0.0578. The Labute approximate surface area is 89.7 Å². The summed E-state index contributed by atoms with van der Waals surface area (Å²) >= 11 is 0. The van der Waals surface area contributed by atoms with E-state index < -0.39 is 11.9 Å². The molecule has 86 valence electrons. The summed E-state index contributed by atoms with van der Waals surface area (Å²) in [6, 6.07) is 1.06. The van der Waals surface area contributed by atoms with Gasteiger partial charge in [0.2, 0.25) is 0 Å². The van der Waals surface area contributed by atoms with Crippen LogP contribution in [0.5, 0.6) is 0 Å². The van der Waals surface area contributed by atoms with Gasteiger partial charge in [-0.25, -0.2) is 9.97 Å². The first-order chi connectivity index (χ1) is 7.39. The minimum atomic E-state index is -4.38. The molecule has 3 nitrogen and oxygen atoms in total. The highest BCUT2D eigenvalue weighted by Crippen LogP contribution is 2.32. The van der Waals surface area contributed by atoms with Gasteiger partial charge in [-0.05, 0) is 12.0 Å². The number of nitrogens with zero attached hydrogens (tertiary/aromatic N) is 2. The fourth-order valence-corrected chi connectivity index (χ4v) is 1.57. The zero-order valence-electron chi connectivity index (χ0n) is 8.76. The van der Waals surface area contributed by atoms with Crippen molar-refractivity contribution < 1.29 is 13.2 Å². The third-order valence-corrected chi connectivity index (χ3v) is 2.31. The van der Waals surface area contributed by atoms with Gasteiger partial charge in [-0.15, -0.1) is 0 Å². The smallest absolute Gasteiger partial charge is 0.336 e. The van der Waals surface area contributed by atoms with Gasteiger partial charge in [0.1, 0.15) is 17.7 Å². The van der Waals surface area contributed by atoms with Crippen molar-refractivity contribution in [3.05, 3.63) is 23.8 Å². The Morgan fingerprint density at radius 3 is 2.50 bits per heavy atom. The van der Waals surface area contributed by atoms with Crippen LogP contribution in [-0.2, 0) is 6.18 Å². The second-order valence-corrected chi connectivity index (χ2v) is 3.86. The van der Waals surface area contributed by atoms with Crippen molar-refractivity contribution in [2.75, 3.05) is 0 Å². The van der Waals surface area contributed by atoms with E-state index in [1.807, 2.05) is 13.8 Å². The summed E-state index contributed by atoms with van der Waals surface area (Å²) in [4.78, 5) is 10.0. The van der Waals surface area contributed by atoms with E-state index in [0.717, 1.165) is 6.07 Å². The Balaban J connectivity index is 2.66. The highest BCUT2D eigenvalue weighted by molar-refractivity contribution is 5.79. The Kier molecular flexibility index (Phi) is 2.36. The lowest BCUT2D eigenvalue weighted by Gasteiger charge is -2.03. The largest absolute Gasteiger partial charge is 0.431 e. The molecule has 0 radical (unpaired) electrons. The molecule has 0 atom stereocenters. The van der Waals surface area contributed by atoms with Crippen LogP contribution in [0.2, 0.25) is 0 Å². The van der Waals surface area contributed by atoms with Crippen molar-refractivity contribution in [3.63, 3.8) is 0 Å². The van der Waals surface area contributed by atoms with Crippen molar-refractivity contribution in [2.45, 2.75) is 25.9 Å². The van der Waals surface area contributed by atoms with E-state index in [9.17, 15) is 13.2 Å². The molecule has 16 heavy (non-hydrogen) atoms. The first kappa shape index (κ1) is 10.9. The van der Waals surface area contributed by atoms with Crippen LogP contribution in [-0.4, -0.2) is 15.0 Å². The lowest BCUT2D eigenvalue weighted by Crippen LogP contribution is -2.04. The molecule has 0 aliphatic rings. The number of rotatable bonds is 1. The van der Waals surface area contributed by atoms with Crippen LogP contribution in [0.3, 0.4) is 0 Å². The second kappa shape index (κ2) is 3.47. The maximum absolute atomic E-state index is 12.5. The van der Waals surface area contributed by atoms with Gasteiger partial charge in [0.15, 0.2) is 0 Å². The number of hydrogen-bond acceptors (Lipinski definition) is 2. The molecule has 2 heterocycles. The van der Waals surface area contributed by atoms with E-state index in [-0.39, 0.29) is 11.6 Å². The van der Waals surface area contributed by atoms with E-state index in [0.29, 0.717) is 11.1 Å². The van der Waals surface area contributed by atoms with Crippen LogP contribution in [0.25, 0.3) is 11.0 Å². The lowest BCUT2D eigenvalue weighted by molar-refractivity contribution is -0.140. The van der Waals surface area contributed by atoms with E-state index in [4.69, 9.17) is 0 Å². The number of alkyl halides is 3. The van der Waals surface area contributed by atoms with Crippen LogP contribution >= 0.6 is 0 Å². The first-order valence-electron chi connectivity index (χ1n) is 4.80. The summed E-state index contributed by atoms with van der Waals surface area (Å²) in [6.45, 7) is 3.75. The van der Waals surface area contributed by atoms with Crippen molar-refractivity contribution in [3.8, 4) is 0 Å². The van der Waals surface area contributed by atoms with Gasteiger partial charge < -0.3 is 4.98 Å². The lowest BCUT2D eigenvalue weighted by atomic mass is 10.1. The van der Waals surface area contributed by atoms with Gasteiger partial charge in [-0.2, -0.15) is 13.2 Å². The Hall–Kier alpha value is -1.59. The molecule has 2 aromatic rings. The third kappa shape index (κ3) is 1.75. The van der Waals surface area contributed by atoms with Gasteiger partial charge in [0.05, 0.1) is 5.69 Å². The molecule has 0 amide bonds. The molecule has 0 aromatic carbocycles. The SMILES string of the molecule is CC(C)c1ncnc2[nH]c(C(F)(F)F)cc12. The standard InChI is InChI=1S/C10H10F3N3/c1-5(2)8-6-3-7(10(11,12)13)16-9(6)15-4-14-8/h3-5H,1-2H3,(H,14,15,16). The normalized spacial score (nSPS) is 12.6. The molecule has 0 spiro atoms. The third-order valence-electron chi connectivity index (χ3n) is 2.31. The molecule has 2 aromatic heterocycles. The minimum Gasteiger partial charge on any atom is -0.336 e. The Morgan fingerprint density at radius 1 is 1.25 bits per heavy atom. The molecular formula is C10H10F3N3. The van der Waals surface area contributed by atoms with Crippen LogP contribution in [0.1, 0.15) is 31.2 Å². The molecule has 0 saturated heterocycles. The van der Waals surface area contributed by atoms with E-state index in [1.54, 1.807) is 0 Å². The average Bonchev–Trinajstić information content (AvgIpc) is 2.59. The zero-order chi connectivity index (χ0) is 11.9. The van der Waals surface area contributed by atoms with Crippen LogP contribution in [0.4, 0.5) is 13.2 Å². The van der Waals surface area contributed by atoms with Crippen molar-refractivity contribution in [1.82, 2.24) is 15.0 Å². The monoisotopic (exact) mass is 229 g/mol. The quantitative estimate of drug-likeness (QED) is 0.816. The number of aromatic amines is 1. The van der Waals surface area contributed by atoms with E-state index in [1.165, 1.54) is 6.33 Å². The van der Waals surface area contributed by atoms with Crippen LogP contribution < -0.4 is 0 Å². The van der Waals surface area contributed by atoms with Gasteiger partial charge in [0, 0.05) is 5.39 Å². The zero-order valence-corrected chi connectivity index (χ0v) is 8.76. The number of halogens is 3. The number of aromatic nitrogens is 3. The highest BCUT2D eigenvalue weighted by atomic mass is 19.4. The number of nitrogens with one attached hydrogen (secondary N) is 1. The number of hydrogen-bond donors (Lipinski definition) is 1. The summed E-state index contributed by atoms with van der Waals surface area (Å²) in [7, 11) is 0. The van der Waals surface area contributed by atoms with Crippen LogP contribution in [0.15, 0.2) is 12.4 Å². The summed E-state index contributed by atoms with van der Waals surface area (Å²) in [6.07, 6.45) is -3.11. The molecule has 0 saturated carbocycles. The van der Waals surface area contributed by atoms with Crippen molar-refractivity contribution in [1.29, 1.82) is 0 Å². The first-order valence-corrected chi connectivity index (χ1v) is 4.80. The Bertz CT molecular complexity index is 513. The molecule has 0 fully saturated rings. The van der Waals surface area contributed by atoms with Gasteiger partial charge >= 0.3 is 6.18 Å². The predicted octanol–water partition coefficient (Wildman–Crippen LogP) is 3.10. The van der Waals surface area contributed by atoms with Gasteiger partial charge in [-0.1, -0.05) is 13.8 Å². The Morgan fingerprint density at radius 2 is 1.94 bits per heavy atom. The summed E-state index contributed by atoms with van der Waals surface area (Å²) in [5.74, 6) is 0.0578. The molecule has 0 aliphatic heterocycles. The molecular weight excluding hydrogens is 219 g/mol. The van der Waals surface area contributed by atoms with E-state index >= 15 is 0 Å². The fourth-order valence-electron chi connectivity index (χ4n) is 1.57. The van der Waals surface area contributed by atoms with E-state index in [2.05, 4.69) is 15.0 Å². The maximum Gasteiger partial charge on any atom is 0.431 e. The molecule has 0 aliphatic carbocycles. The second-order valence-electron chi connectivity index (χ2n) is 3.86. The molecule has 0 bridgehead atoms. The van der Waals surface area contributed by atoms with Crippen molar-refractivity contribution >= 4 is 11.0 Å². The summed E-state index contributed by atoms with van der Waals surface area (Å²) in [5, 5.41) is 0.435. The summed E-state index contributed by atoms with van der Waals surface area (Å²) in [5.41, 5.74) is 0.0627. The van der Waals surface area contributed by atoms with Crippen LogP contribution in [0, 0.1) is 0 Å². The average molecular weight is 229 g/mol. The maximum atomic E-state index is 12.5. The summed E-state index contributed by atoms with van der Waals surface area (Å²) < 4.78 is 37.4. The highest BCUT2D eigenvalue weighted by Gasteiger charge is 2.33. The number of H-pyrrole nitrogens is 1. The van der Waals surface area contributed by atoms with Crippen molar-refractivity contribution in [2.24, 2.45) is 0 Å². The topological polar surface area (TPSA) is 41.6 Å². The molecule has 0 unspecified atom stereocenters.